The van der Waals surface area contributed by atoms with E-state index in [1.54, 1.807) is 72.8 Å². The SMILES string of the molecule is CC1COCCN1c1nc(-c2ccc(N(C(=O)Nc3ccc(C(=O)CO)cc3)N(C(=O)Nc3ccc(C(=O)CN4CCOCC4)cc3)c3ccc(-c4nc(N5CCOCC5C)nc(N5CCOCC5C)n4)cc3)cc2)nc(N2CCOCC2C)n1. The van der Waals surface area contributed by atoms with Crippen LogP contribution in [0.3, 0.4) is 0 Å². The van der Waals surface area contributed by atoms with E-state index in [4.69, 9.17) is 53.6 Å². The molecule has 5 fully saturated rings. The molecule has 5 aliphatic heterocycles. The molecule has 0 aliphatic carbocycles. The lowest BCUT2D eigenvalue weighted by Crippen LogP contribution is -2.53. The van der Waals surface area contributed by atoms with Crippen molar-refractivity contribution in [2.75, 3.05) is 159 Å². The van der Waals surface area contributed by atoms with Crippen molar-refractivity contribution in [3.05, 3.63) is 108 Å². The van der Waals surface area contributed by atoms with E-state index in [1.165, 1.54) is 34.3 Å². The largest absolute Gasteiger partial charge is 0.388 e. The lowest BCUT2D eigenvalue weighted by atomic mass is 10.1. The number of morpholine rings is 5. The van der Waals surface area contributed by atoms with Gasteiger partial charge in [0.1, 0.15) is 6.61 Å². The Labute approximate surface area is 492 Å². The molecule has 11 rings (SSSR count). The number of aromatic nitrogens is 6. The number of amides is 4. The first-order valence-electron chi connectivity index (χ1n) is 28.9. The van der Waals surface area contributed by atoms with Crippen molar-refractivity contribution in [3.63, 3.8) is 0 Å². The fourth-order valence-corrected chi connectivity index (χ4v) is 10.7. The highest BCUT2D eigenvalue weighted by Gasteiger charge is 2.33. The van der Waals surface area contributed by atoms with Gasteiger partial charge in [-0.3, -0.25) is 14.5 Å². The maximum atomic E-state index is 15.4. The Morgan fingerprint density at radius 2 is 0.776 bits per heavy atom. The first kappa shape index (κ1) is 58.5. The highest BCUT2D eigenvalue weighted by Crippen LogP contribution is 2.33. The summed E-state index contributed by atoms with van der Waals surface area (Å²) in [4.78, 5) is 97.2. The van der Waals surface area contributed by atoms with E-state index in [-0.39, 0.29) is 53.4 Å². The van der Waals surface area contributed by atoms with Gasteiger partial charge in [0.25, 0.3) is 0 Å². The Balaban J connectivity index is 0.993. The Bertz CT molecular complexity index is 3220. The van der Waals surface area contributed by atoms with E-state index >= 15 is 9.59 Å². The number of hydrogen-bond acceptors (Lipinski definition) is 21. The second-order valence-electron chi connectivity index (χ2n) is 21.6. The number of ether oxygens (including phenoxy) is 5. The highest BCUT2D eigenvalue weighted by atomic mass is 16.5. The number of Topliss-reactive ketones (excluding diaryl/α,β-unsaturated/α-hetero) is 2. The molecule has 446 valence electrons. The van der Waals surface area contributed by atoms with E-state index < -0.39 is 24.5 Å². The van der Waals surface area contributed by atoms with Crippen molar-refractivity contribution in [2.24, 2.45) is 0 Å². The molecule has 2 aromatic heterocycles. The van der Waals surface area contributed by atoms with Crippen LogP contribution in [0.25, 0.3) is 22.8 Å². The summed E-state index contributed by atoms with van der Waals surface area (Å²) in [6.45, 7) is 16.7. The van der Waals surface area contributed by atoms with E-state index in [0.717, 1.165) is 0 Å². The number of nitrogens with zero attached hydrogens (tertiary/aromatic N) is 13. The van der Waals surface area contributed by atoms with Crippen LogP contribution in [0.5, 0.6) is 0 Å². The zero-order valence-electron chi connectivity index (χ0n) is 48.2. The van der Waals surface area contributed by atoms with Crippen molar-refractivity contribution in [1.29, 1.82) is 0 Å². The van der Waals surface area contributed by atoms with Gasteiger partial charge in [-0.05, 0) is 125 Å². The molecule has 0 spiro atoms. The van der Waals surface area contributed by atoms with Crippen LogP contribution in [0.2, 0.25) is 0 Å². The molecule has 25 heteroatoms. The molecule has 4 atom stereocenters. The molecule has 25 nitrogen and oxygen atoms in total. The summed E-state index contributed by atoms with van der Waals surface area (Å²) in [7, 11) is 0. The average Bonchev–Trinajstić information content (AvgIpc) is 2.16. The van der Waals surface area contributed by atoms with E-state index in [9.17, 15) is 14.7 Å². The Kier molecular flexibility index (Phi) is 18.4. The normalized spacial score (nSPS) is 20.4. The Morgan fingerprint density at radius 1 is 0.447 bits per heavy atom. The molecule has 4 aromatic carbocycles. The predicted octanol–water partition coefficient (Wildman–Crippen LogP) is 5.67. The number of urea groups is 2. The van der Waals surface area contributed by atoms with Crippen molar-refractivity contribution in [2.45, 2.75) is 51.9 Å². The van der Waals surface area contributed by atoms with E-state index in [1.807, 2.05) is 4.90 Å². The zero-order valence-corrected chi connectivity index (χ0v) is 48.2. The minimum atomic E-state index is -0.768. The van der Waals surface area contributed by atoms with Crippen LogP contribution in [0.1, 0.15) is 48.4 Å². The molecule has 3 N–H and O–H groups in total. The smallest absolute Gasteiger partial charge is 0.345 e. The second kappa shape index (κ2) is 26.7. The summed E-state index contributed by atoms with van der Waals surface area (Å²) in [5.41, 5.74) is 3.08. The minimum Gasteiger partial charge on any atom is -0.388 e. The third-order valence-electron chi connectivity index (χ3n) is 15.6. The summed E-state index contributed by atoms with van der Waals surface area (Å²) in [5, 5.41) is 17.9. The molecular formula is C60H71N15O10. The van der Waals surface area contributed by atoms with Gasteiger partial charge in [-0.2, -0.15) is 39.9 Å². The van der Waals surface area contributed by atoms with Gasteiger partial charge in [-0.1, -0.05) is 0 Å². The number of nitrogens with one attached hydrogen (secondary N) is 2. The summed E-state index contributed by atoms with van der Waals surface area (Å²) in [5.74, 6) is 2.23. The van der Waals surface area contributed by atoms with Crippen molar-refractivity contribution < 1.29 is 48.0 Å². The van der Waals surface area contributed by atoms with Gasteiger partial charge in [0.05, 0.1) is 108 Å². The fourth-order valence-electron chi connectivity index (χ4n) is 10.7. The van der Waals surface area contributed by atoms with Crippen molar-refractivity contribution in [3.8, 4) is 22.8 Å². The van der Waals surface area contributed by atoms with Crippen LogP contribution >= 0.6 is 0 Å². The lowest BCUT2D eigenvalue weighted by Gasteiger charge is -2.36. The standard InChI is InChI=1S/C60H71N15O10/c1-39-35-82-29-23-70(39)55-63-53(64-56(67-55)71-24-30-83-36-40(71)2)45-9-17-49(18-10-45)74(59(79)61-47-13-5-43(6-14-47)51(77)33-69-21-27-81-28-22-69)75(60(80)62-48-15-7-44(8-16-48)52(78)34-76)50-19-11-46(12-20-50)54-65-57(72-25-31-84-37-41(72)3)68-58(66-54)73-26-32-85-38-42(73)4/h5-20,39-42,76H,21-38H2,1-4H3,(H,61,79)(H,62,80). The Hall–Kier alpha value is -8.30. The van der Waals surface area contributed by atoms with E-state index in [0.29, 0.717) is 169 Å². The number of benzene rings is 4. The molecular weight excluding hydrogens is 1090 g/mol. The molecule has 0 bridgehead atoms. The van der Waals surface area contributed by atoms with Gasteiger partial charge in [-0.15, -0.1) is 0 Å². The molecule has 4 amide bonds. The third kappa shape index (κ3) is 13.6. The monoisotopic (exact) mass is 1160 g/mol. The van der Waals surface area contributed by atoms with Gasteiger partial charge in [0.15, 0.2) is 23.2 Å². The van der Waals surface area contributed by atoms with Gasteiger partial charge < -0.3 is 59.0 Å². The number of aliphatic hydroxyl groups is 1. The van der Waals surface area contributed by atoms with Gasteiger partial charge in [-0.25, -0.2) is 9.59 Å². The van der Waals surface area contributed by atoms with Crippen LogP contribution in [-0.4, -0.2) is 206 Å². The van der Waals surface area contributed by atoms with Crippen LogP contribution in [-0.2, 0) is 23.7 Å². The highest BCUT2D eigenvalue weighted by molar-refractivity contribution is 6.13. The molecule has 5 saturated heterocycles. The maximum absolute atomic E-state index is 15.4. The second-order valence-corrected chi connectivity index (χ2v) is 21.6. The Morgan fingerprint density at radius 3 is 1.11 bits per heavy atom. The van der Waals surface area contributed by atoms with Crippen molar-refractivity contribution in [1.82, 2.24) is 34.8 Å². The first-order chi connectivity index (χ1) is 41.4. The lowest BCUT2D eigenvalue weighted by molar-refractivity contribution is 0.0371. The number of hydrogen-bond donors (Lipinski definition) is 3. The molecule has 85 heavy (non-hydrogen) atoms. The summed E-state index contributed by atoms with van der Waals surface area (Å²) < 4.78 is 28.6. The summed E-state index contributed by atoms with van der Waals surface area (Å²) in [6.07, 6.45) is 0. The fraction of sp³-hybridized carbons (Fsp3) is 0.433. The number of rotatable bonds is 15. The average molecular weight is 1160 g/mol. The number of anilines is 8. The van der Waals surface area contributed by atoms with Crippen LogP contribution < -0.4 is 40.3 Å². The molecule has 7 heterocycles. The van der Waals surface area contributed by atoms with Gasteiger partial charge in [0, 0.05) is 72.9 Å². The first-order valence-corrected chi connectivity index (χ1v) is 28.9. The molecule has 6 aromatic rings. The molecule has 0 radical (unpaired) electrons. The van der Waals surface area contributed by atoms with Crippen LogP contribution in [0, 0.1) is 0 Å². The third-order valence-corrected chi connectivity index (χ3v) is 15.6. The number of carbonyl (C=O) groups excluding carboxylic acids is 4. The quantitative estimate of drug-likeness (QED) is 0.0826. The van der Waals surface area contributed by atoms with Crippen LogP contribution in [0.4, 0.5) is 56.1 Å². The molecule has 0 saturated carbocycles. The minimum absolute atomic E-state index is 0.00245. The summed E-state index contributed by atoms with van der Waals surface area (Å²) in [6, 6.07) is 25.1. The molecule has 5 aliphatic rings. The van der Waals surface area contributed by atoms with Crippen LogP contribution in [0.15, 0.2) is 97.1 Å². The zero-order chi connectivity index (χ0) is 59.0. The van der Waals surface area contributed by atoms with Crippen molar-refractivity contribution >= 4 is 70.2 Å². The summed E-state index contributed by atoms with van der Waals surface area (Å²) >= 11 is 0. The number of aliphatic hydroxyl groups excluding tert-OH is 1. The number of carbonyl (C=O) groups is 4. The number of ketones is 2. The molecule has 4 unspecified atom stereocenters. The van der Waals surface area contributed by atoms with Gasteiger partial charge >= 0.3 is 12.1 Å². The van der Waals surface area contributed by atoms with Gasteiger partial charge in [0.2, 0.25) is 23.8 Å². The predicted molar refractivity (Wildman–Crippen MR) is 320 cm³/mol. The topological polar surface area (TPSA) is 259 Å². The van der Waals surface area contributed by atoms with E-state index in [2.05, 4.69) is 57.9 Å². The number of hydrazine groups is 1. The maximum Gasteiger partial charge on any atom is 0.345 e.